The van der Waals surface area contributed by atoms with Crippen molar-refractivity contribution >= 4 is 22.4 Å². The van der Waals surface area contributed by atoms with Gasteiger partial charge in [0.25, 0.3) is 0 Å². The number of carbonyl (C=O) groups is 1. The normalized spacial score (nSPS) is 13.2. The van der Waals surface area contributed by atoms with Gasteiger partial charge in [0.2, 0.25) is 0 Å². The molecule has 1 aliphatic heterocycles. The molecule has 110 valence electrons. The van der Waals surface area contributed by atoms with Gasteiger partial charge in [0.15, 0.2) is 17.3 Å². The fourth-order valence-electron chi connectivity index (χ4n) is 2.71. The summed E-state index contributed by atoms with van der Waals surface area (Å²) in [7, 11) is 0. The quantitative estimate of drug-likeness (QED) is 0.936. The van der Waals surface area contributed by atoms with Crippen LogP contribution in [-0.2, 0) is 0 Å². The molecule has 1 aromatic carbocycles. The molecular weight excluding hydrogens is 268 g/mol. The van der Waals surface area contributed by atoms with Crippen molar-refractivity contribution in [3.8, 4) is 11.5 Å². The number of fused-ring (bicyclic) bond motifs is 3. The topological polar surface area (TPSA) is 60.5 Å². The van der Waals surface area contributed by atoms with Crippen molar-refractivity contribution in [3.63, 3.8) is 0 Å². The molecule has 0 spiro atoms. The van der Waals surface area contributed by atoms with Crippen LogP contribution in [0.15, 0.2) is 12.1 Å². The minimum absolute atomic E-state index is 0.0868. The number of hydrogen-bond acceptors (Lipinski definition) is 5. The lowest BCUT2D eigenvalue weighted by Crippen LogP contribution is -2.02. The zero-order valence-corrected chi connectivity index (χ0v) is 12.4. The van der Waals surface area contributed by atoms with Crippen LogP contribution in [0.2, 0.25) is 0 Å². The highest BCUT2D eigenvalue weighted by molar-refractivity contribution is 6.15. The maximum absolute atomic E-state index is 12.0. The first kappa shape index (κ1) is 13.7. The Balaban J connectivity index is 2.26. The highest BCUT2D eigenvalue weighted by atomic mass is 16.5. The summed E-state index contributed by atoms with van der Waals surface area (Å²) in [5.41, 5.74) is 3.10. The Hall–Kier alpha value is -2.30. The number of pyridine rings is 1. The SMILES string of the molecule is CCOc1cc2nc(C)c3c(c2cc1OCC)NCC3=O. The van der Waals surface area contributed by atoms with Crippen molar-refractivity contribution in [2.24, 2.45) is 0 Å². The van der Waals surface area contributed by atoms with Gasteiger partial charge in [0.05, 0.1) is 42.2 Å². The Kier molecular flexibility index (Phi) is 3.41. The second-order valence-corrected chi connectivity index (χ2v) is 4.91. The van der Waals surface area contributed by atoms with Crippen LogP contribution in [0, 0.1) is 6.92 Å². The summed E-state index contributed by atoms with van der Waals surface area (Å²) in [5.74, 6) is 1.45. The molecule has 0 amide bonds. The fraction of sp³-hybridized carbons (Fsp3) is 0.375. The lowest BCUT2D eigenvalue weighted by atomic mass is 10.1. The van der Waals surface area contributed by atoms with Gasteiger partial charge in [-0.15, -0.1) is 0 Å². The number of aromatic nitrogens is 1. The van der Waals surface area contributed by atoms with E-state index in [1.807, 2.05) is 32.9 Å². The van der Waals surface area contributed by atoms with Gasteiger partial charge >= 0.3 is 0 Å². The molecule has 1 N–H and O–H groups in total. The summed E-state index contributed by atoms with van der Waals surface area (Å²) in [6.07, 6.45) is 0. The Morgan fingerprint density at radius 2 is 1.86 bits per heavy atom. The van der Waals surface area contributed by atoms with Gasteiger partial charge in [-0.1, -0.05) is 0 Å². The van der Waals surface area contributed by atoms with E-state index in [4.69, 9.17) is 9.47 Å². The van der Waals surface area contributed by atoms with Gasteiger partial charge < -0.3 is 14.8 Å². The largest absolute Gasteiger partial charge is 0.490 e. The van der Waals surface area contributed by atoms with Gasteiger partial charge in [0.1, 0.15) is 0 Å². The van der Waals surface area contributed by atoms with E-state index in [0.29, 0.717) is 36.8 Å². The summed E-state index contributed by atoms with van der Waals surface area (Å²) >= 11 is 0. The highest BCUT2D eigenvalue weighted by Gasteiger charge is 2.25. The smallest absolute Gasteiger partial charge is 0.185 e. The van der Waals surface area contributed by atoms with Crippen LogP contribution in [0.4, 0.5) is 5.69 Å². The molecule has 3 rings (SSSR count). The van der Waals surface area contributed by atoms with Crippen molar-refractivity contribution in [1.82, 2.24) is 4.98 Å². The van der Waals surface area contributed by atoms with E-state index in [9.17, 15) is 4.79 Å². The zero-order chi connectivity index (χ0) is 15.0. The zero-order valence-electron chi connectivity index (χ0n) is 12.4. The third-order valence-electron chi connectivity index (χ3n) is 3.54. The Morgan fingerprint density at radius 1 is 1.19 bits per heavy atom. The molecule has 2 aromatic rings. The first-order valence-corrected chi connectivity index (χ1v) is 7.16. The molecule has 5 heteroatoms. The van der Waals surface area contributed by atoms with Gasteiger partial charge in [-0.2, -0.15) is 0 Å². The molecule has 0 radical (unpaired) electrons. The number of nitrogens with one attached hydrogen (secondary N) is 1. The van der Waals surface area contributed by atoms with Crippen molar-refractivity contribution < 1.29 is 14.3 Å². The Bertz CT molecular complexity index is 725. The van der Waals surface area contributed by atoms with Gasteiger partial charge in [-0.3, -0.25) is 9.78 Å². The maximum atomic E-state index is 12.0. The molecule has 0 aliphatic carbocycles. The molecule has 0 fully saturated rings. The molecule has 21 heavy (non-hydrogen) atoms. The molecule has 1 aromatic heterocycles. The van der Waals surface area contributed by atoms with Crippen LogP contribution in [0.3, 0.4) is 0 Å². The van der Waals surface area contributed by atoms with Crippen LogP contribution in [0.25, 0.3) is 10.9 Å². The summed E-state index contributed by atoms with van der Waals surface area (Å²) in [6, 6.07) is 3.78. The van der Waals surface area contributed by atoms with Crippen LogP contribution in [-0.4, -0.2) is 30.5 Å². The van der Waals surface area contributed by atoms with E-state index in [2.05, 4.69) is 10.3 Å². The highest BCUT2D eigenvalue weighted by Crippen LogP contribution is 2.38. The van der Waals surface area contributed by atoms with E-state index >= 15 is 0 Å². The minimum Gasteiger partial charge on any atom is -0.490 e. The average molecular weight is 286 g/mol. The number of rotatable bonds is 4. The van der Waals surface area contributed by atoms with Crippen LogP contribution >= 0.6 is 0 Å². The Labute approximate surface area is 123 Å². The number of ketones is 1. The van der Waals surface area contributed by atoms with Gasteiger partial charge in [-0.25, -0.2) is 0 Å². The van der Waals surface area contributed by atoms with E-state index in [0.717, 1.165) is 22.3 Å². The summed E-state index contributed by atoms with van der Waals surface area (Å²) in [4.78, 5) is 16.5. The number of Topliss-reactive ketones (excluding diaryl/α,β-unsaturated/α-hetero) is 1. The third-order valence-corrected chi connectivity index (χ3v) is 3.54. The molecule has 0 bridgehead atoms. The van der Waals surface area contributed by atoms with E-state index < -0.39 is 0 Å². The molecule has 0 atom stereocenters. The van der Waals surface area contributed by atoms with Gasteiger partial charge in [0, 0.05) is 11.5 Å². The van der Waals surface area contributed by atoms with Crippen molar-refractivity contribution in [2.75, 3.05) is 25.1 Å². The van der Waals surface area contributed by atoms with Crippen molar-refractivity contribution in [3.05, 3.63) is 23.4 Å². The van der Waals surface area contributed by atoms with Crippen molar-refractivity contribution in [1.29, 1.82) is 0 Å². The van der Waals surface area contributed by atoms with Crippen molar-refractivity contribution in [2.45, 2.75) is 20.8 Å². The van der Waals surface area contributed by atoms with E-state index in [1.165, 1.54) is 0 Å². The molecule has 0 unspecified atom stereocenters. The number of carbonyl (C=O) groups excluding carboxylic acids is 1. The number of benzene rings is 1. The summed E-state index contributed by atoms with van der Waals surface area (Å²) in [6.45, 7) is 7.17. The number of hydrogen-bond donors (Lipinski definition) is 1. The molecule has 5 nitrogen and oxygen atoms in total. The lowest BCUT2D eigenvalue weighted by Gasteiger charge is -2.14. The fourth-order valence-corrected chi connectivity index (χ4v) is 2.71. The second kappa shape index (κ2) is 5.24. The summed E-state index contributed by atoms with van der Waals surface area (Å²) in [5, 5.41) is 4.07. The van der Waals surface area contributed by atoms with Crippen LogP contribution in [0.5, 0.6) is 11.5 Å². The number of ether oxygens (including phenoxy) is 2. The molecule has 0 saturated carbocycles. The third kappa shape index (κ3) is 2.18. The van der Waals surface area contributed by atoms with E-state index in [-0.39, 0.29) is 5.78 Å². The second-order valence-electron chi connectivity index (χ2n) is 4.91. The standard InChI is InChI=1S/C16H18N2O3/c1-4-20-13-6-10-11(7-14(13)21-5-2)18-9(3)15-12(19)8-17-16(10)15/h6-7,17H,4-5,8H2,1-3H3. The predicted octanol–water partition coefficient (Wildman–Crippen LogP) is 2.95. The van der Waals surface area contributed by atoms with Crippen LogP contribution in [0.1, 0.15) is 29.9 Å². The van der Waals surface area contributed by atoms with E-state index in [1.54, 1.807) is 0 Å². The molecule has 1 aliphatic rings. The number of nitrogens with zero attached hydrogens (tertiary/aromatic N) is 1. The Morgan fingerprint density at radius 3 is 2.52 bits per heavy atom. The number of aryl methyl sites for hydroxylation is 1. The number of anilines is 1. The maximum Gasteiger partial charge on any atom is 0.185 e. The lowest BCUT2D eigenvalue weighted by molar-refractivity contribution is 0.101. The first-order chi connectivity index (χ1) is 10.2. The van der Waals surface area contributed by atoms with Crippen LogP contribution < -0.4 is 14.8 Å². The predicted molar refractivity (Wildman–Crippen MR) is 81.6 cm³/mol. The minimum atomic E-state index is 0.0868. The monoisotopic (exact) mass is 286 g/mol. The first-order valence-electron chi connectivity index (χ1n) is 7.16. The average Bonchev–Trinajstić information content (AvgIpc) is 2.84. The molecule has 0 saturated heterocycles. The van der Waals surface area contributed by atoms with Gasteiger partial charge in [-0.05, 0) is 26.8 Å². The molecular formula is C16H18N2O3. The molecule has 2 heterocycles. The summed E-state index contributed by atoms with van der Waals surface area (Å²) < 4.78 is 11.3.